The molecule has 0 saturated carbocycles. The van der Waals surface area contributed by atoms with Crippen molar-refractivity contribution < 1.29 is 8.78 Å². The summed E-state index contributed by atoms with van der Waals surface area (Å²) in [4.78, 5) is 4.59. The van der Waals surface area contributed by atoms with Gasteiger partial charge < -0.3 is 15.5 Å². The Balaban J connectivity index is 1.93. The van der Waals surface area contributed by atoms with Crippen LogP contribution in [0.4, 0.5) is 8.78 Å². The lowest BCUT2D eigenvalue weighted by molar-refractivity contribution is 0.104. The molecule has 2 atom stereocenters. The minimum Gasteiger partial charge on any atom is -0.327 e. The highest BCUT2D eigenvalue weighted by Crippen LogP contribution is 2.16. The number of hydrogen-bond acceptors (Lipinski definition) is 3. The predicted molar refractivity (Wildman–Crippen MR) is 76.6 cm³/mol. The molecule has 1 heterocycles. The van der Waals surface area contributed by atoms with E-state index < -0.39 is 11.6 Å². The molecule has 3 nitrogen and oxygen atoms in total. The lowest BCUT2D eigenvalue weighted by atomic mass is 9.98. The fourth-order valence-electron chi connectivity index (χ4n) is 2.76. The summed E-state index contributed by atoms with van der Waals surface area (Å²) in [5.74, 6) is -1.05. The summed E-state index contributed by atoms with van der Waals surface area (Å²) in [6.07, 6.45) is 1.26. The van der Waals surface area contributed by atoms with E-state index in [0.29, 0.717) is 18.0 Å². The van der Waals surface area contributed by atoms with Gasteiger partial charge in [0.2, 0.25) is 0 Å². The van der Waals surface area contributed by atoms with Gasteiger partial charge in [-0.15, -0.1) is 0 Å². The van der Waals surface area contributed by atoms with Crippen molar-refractivity contribution in [3.63, 3.8) is 0 Å². The molecule has 0 amide bonds. The largest absolute Gasteiger partial charge is 0.327 e. The first-order valence-electron chi connectivity index (χ1n) is 7.04. The molecule has 1 fully saturated rings. The standard InChI is InChI=1S/C15H23F2N3/c1-19-5-6-20(2)14(10-19)9-13(18)7-11-3-4-12(16)8-15(11)17/h3-4,8,13-14H,5-7,9-10,18H2,1-2H3. The number of nitrogens with two attached hydrogens (primary N) is 1. The summed E-state index contributed by atoms with van der Waals surface area (Å²) in [6, 6.07) is 3.97. The Morgan fingerprint density at radius 3 is 2.75 bits per heavy atom. The molecule has 2 unspecified atom stereocenters. The van der Waals surface area contributed by atoms with Crippen LogP contribution >= 0.6 is 0 Å². The molecule has 1 aromatic rings. The Morgan fingerprint density at radius 1 is 1.30 bits per heavy atom. The van der Waals surface area contributed by atoms with Crippen LogP contribution in [0.1, 0.15) is 12.0 Å². The van der Waals surface area contributed by atoms with E-state index in [1.807, 2.05) is 0 Å². The van der Waals surface area contributed by atoms with Crippen molar-refractivity contribution in [2.75, 3.05) is 33.7 Å². The highest BCUT2D eigenvalue weighted by Gasteiger charge is 2.24. The molecule has 1 aromatic carbocycles. The number of rotatable bonds is 4. The summed E-state index contributed by atoms with van der Waals surface area (Å²) in [6.45, 7) is 3.07. The second-order valence-corrected chi connectivity index (χ2v) is 5.83. The number of benzene rings is 1. The average molecular weight is 283 g/mol. The van der Waals surface area contributed by atoms with Crippen LogP contribution in [0.25, 0.3) is 0 Å². The van der Waals surface area contributed by atoms with Crippen LogP contribution in [0.5, 0.6) is 0 Å². The third kappa shape index (κ3) is 3.98. The first-order chi connectivity index (χ1) is 9.45. The minimum atomic E-state index is -0.548. The molecule has 2 rings (SSSR count). The first kappa shape index (κ1) is 15.4. The average Bonchev–Trinajstić information content (AvgIpc) is 2.37. The highest BCUT2D eigenvalue weighted by molar-refractivity contribution is 5.19. The summed E-state index contributed by atoms with van der Waals surface area (Å²) in [5.41, 5.74) is 6.64. The Morgan fingerprint density at radius 2 is 2.05 bits per heavy atom. The molecular formula is C15H23F2N3. The normalized spacial score (nSPS) is 22.9. The number of likely N-dealkylation sites (N-methyl/N-ethyl adjacent to an activating group) is 2. The number of piperazine rings is 1. The second kappa shape index (κ2) is 6.61. The van der Waals surface area contributed by atoms with E-state index in [9.17, 15) is 8.78 Å². The van der Waals surface area contributed by atoms with Crippen molar-refractivity contribution in [3.8, 4) is 0 Å². The Bertz CT molecular complexity index is 453. The van der Waals surface area contributed by atoms with Gasteiger partial charge in [0.25, 0.3) is 0 Å². The maximum absolute atomic E-state index is 13.6. The third-order valence-electron chi connectivity index (χ3n) is 4.05. The van der Waals surface area contributed by atoms with Crippen molar-refractivity contribution in [1.82, 2.24) is 9.80 Å². The highest BCUT2D eigenvalue weighted by atomic mass is 19.1. The first-order valence-corrected chi connectivity index (χ1v) is 7.04. The number of hydrogen-bond donors (Lipinski definition) is 1. The maximum atomic E-state index is 13.6. The van der Waals surface area contributed by atoms with Crippen LogP contribution in [0.3, 0.4) is 0 Å². The van der Waals surface area contributed by atoms with Crippen LogP contribution in [0, 0.1) is 11.6 Å². The van der Waals surface area contributed by atoms with Gasteiger partial charge in [0, 0.05) is 37.8 Å². The van der Waals surface area contributed by atoms with Crippen LogP contribution in [0.2, 0.25) is 0 Å². The summed E-state index contributed by atoms with van der Waals surface area (Å²) >= 11 is 0. The zero-order valence-electron chi connectivity index (χ0n) is 12.1. The van der Waals surface area contributed by atoms with Gasteiger partial charge in [0.15, 0.2) is 0 Å². The smallest absolute Gasteiger partial charge is 0.129 e. The molecule has 1 saturated heterocycles. The molecule has 0 bridgehead atoms. The molecular weight excluding hydrogens is 260 g/mol. The zero-order valence-corrected chi connectivity index (χ0v) is 12.1. The van der Waals surface area contributed by atoms with E-state index in [0.717, 1.165) is 32.1 Å². The molecule has 0 spiro atoms. The Hall–Kier alpha value is -1.04. The van der Waals surface area contributed by atoms with Crippen LogP contribution in [-0.2, 0) is 6.42 Å². The van der Waals surface area contributed by atoms with Gasteiger partial charge in [-0.05, 0) is 38.6 Å². The van der Waals surface area contributed by atoms with Crippen molar-refractivity contribution in [3.05, 3.63) is 35.4 Å². The molecule has 0 aromatic heterocycles. The lowest BCUT2D eigenvalue weighted by Gasteiger charge is -2.38. The monoisotopic (exact) mass is 283 g/mol. The van der Waals surface area contributed by atoms with E-state index in [2.05, 4.69) is 23.9 Å². The third-order valence-corrected chi connectivity index (χ3v) is 4.05. The van der Waals surface area contributed by atoms with E-state index in [1.54, 1.807) is 0 Å². The van der Waals surface area contributed by atoms with E-state index in [-0.39, 0.29) is 6.04 Å². The molecule has 0 aliphatic carbocycles. The SMILES string of the molecule is CN1CCN(C)C(CC(N)Cc2ccc(F)cc2F)C1. The molecule has 20 heavy (non-hydrogen) atoms. The molecule has 0 radical (unpaired) electrons. The van der Waals surface area contributed by atoms with Crippen LogP contribution in [-0.4, -0.2) is 55.6 Å². The molecule has 2 N–H and O–H groups in total. The van der Waals surface area contributed by atoms with Gasteiger partial charge in [0.1, 0.15) is 11.6 Å². The molecule has 5 heteroatoms. The summed E-state index contributed by atoms with van der Waals surface area (Å²) in [7, 11) is 4.20. The number of nitrogens with zero attached hydrogens (tertiary/aromatic N) is 2. The van der Waals surface area contributed by atoms with Gasteiger partial charge in [-0.3, -0.25) is 0 Å². The van der Waals surface area contributed by atoms with Crippen LogP contribution in [0.15, 0.2) is 18.2 Å². The van der Waals surface area contributed by atoms with Gasteiger partial charge in [-0.2, -0.15) is 0 Å². The lowest BCUT2D eigenvalue weighted by Crippen LogP contribution is -2.51. The van der Waals surface area contributed by atoms with Crippen LogP contribution < -0.4 is 5.73 Å². The molecule has 1 aliphatic rings. The fourth-order valence-corrected chi connectivity index (χ4v) is 2.76. The zero-order chi connectivity index (χ0) is 14.7. The quantitative estimate of drug-likeness (QED) is 0.908. The minimum absolute atomic E-state index is 0.117. The van der Waals surface area contributed by atoms with Crippen molar-refractivity contribution in [2.24, 2.45) is 5.73 Å². The van der Waals surface area contributed by atoms with E-state index in [4.69, 9.17) is 5.73 Å². The Labute approximate surface area is 119 Å². The molecule has 1 aliphatic heterocycles. The molecule has 112 valence electrons. The maximum Gasteiger partial charge on any atom is 0.129 e. The van der Waals surface area contributed by atoms with Gasteiger partial charge in [0.05, 0.1) is 0 Å². The van der Waals surface area contributed by atoms with Crippen molar-refractivity contribution >= 4 is 0 Å². The van der Waals surface area contributed by atoms with Crippen molar-refractivity contribution in [1.29, 1.82) is 0 Å². The van der Waals surface area contributed by atoms with Gasteiger partial charge in [-0.1, -0.05) is 6.07 Å². The van der Waals surface area contributed by atoms with Gasteiger partial charge >= 0.3 is 0 Å². The Kier molecular flexibility index (Phi) is 5.07. The van der Waals surface area contributed by atoms with E-state index >= 15 is 0 Å². The number of halogens is 2. The van der Waals surface area contributed by atoms with Crippen molar-refractivity contribution in [2.45, 2.75) is 24.9 Å². The second-order valence-electron chi connectivity index (χ2n) is 5.83. The predicted octanol–water partition coefficient (Wildman–Crippen LogP) is 1.47. The van der Waals surface area contributed by atoms with E-state index in [1.165, 1.54) is 12.1 Å². The topological polar surface area (TPSA) is 32.5 Å². The fraction of sp³-hybridized carbons (Fsp3) is 0.600. The summed E-state index contributed by atoms with van der Waals surface area (Å²) < 4.78 is 26.5. The summed E-state index contributed by atoms with van der Waals surface area (Å²) in [5, 5.41) is 0. The van der Waals surface area contributed by atoms with Gasteiger partial charge in [-0.25, -0.2) is 8.78 Å².